The minimum absolute atomic E-state index is 0.138. The van der Waals surface area contributed by atoms with Crippen LogP contribution in [0.4, 0.5) is 0 Å². The summed E-state index contributed by atoms with van der Waals surface area (Å²) in [6, 6.07) is -0.275. The van der Waals surface area contributed by atoms with Crippen LogP contribution in [0.1, 0.15) is 25.6 Å². The third kappa shape index (κ3) is 3.76. The standard InChI is InChI=1S/C15H22N6OS/c1-12(2)14(21-10-16-9-18-21)15(22)20-5-3-19(4-6-20)7-13-8-23-11-17-13/h8-12,14H,3-7H2,1-2H3. The number of hydrogen-bond acceptors (Lipinski definition) is 6. The Morgan fingerprint density at radius 2 is 2.09 bits per heavy atom. The van der Waals surface area contributed by atoms with Crippen molar-refractivity contribution in [2.24, 2.45) is 5.92 Å². The second-order valence-electron chi connectivity index (χ2n) is 6.15. The highest BCUT2D eigenvalue weighted by molar-refractivity contribution is 7.07. The SMILES string of the molecule is CC(C)C(C(=O)N1CCN(Cc2cscn2)CC1)n1cncn1. The summed E-state index contributed by atoms with van der Waals surface area (Å²) in [7, 11) is 0. The number of amides is 1. The van der Waals surface area contributed by atoms with E-state index in [9.17, 15) is 4.79 Å². The average molecular weight is 334 g/mol. The second kappa shape index (κ2) is 7.18. The quantitative estimate of drug-likeness (QED) is 0.824. The lowest BCUT2D eigenvalue weighted by molar-refractivity contribution is -0.138. The summed E-state index contributed by atoms with van der Waals surface area (Å²) in [5.41, 5.74) is 2.97. The van der Waals surface area contributed by atoms with Crippen LogP contribution < -0.4 is 0 Å². The number of piperazine rings is 1. The predicted octanol–water partition coefficient (Wildman–Crippen LogP) is 1.28. The Labute approximate surface area is 140 Å². The van der Waals surface area contributed by atoms with Crippen LogP contribution in [-0.4, -0.2) is 61.6 Å². The zero-order valence-corrected chi connectivity index (χ0v) is 14.3. The largest absolute Gasteiger partial charge is 0.338 e. The molecule has 3 rings (SSSR count). The molecule has 0 bridgehead atoms. The Hall–Kier alpha value is -1.80. The van der Waals surface area contributed by atoms with E-state index < -0.39 is 0 Å². The second-order valence-corrected chi connectivity index (χ2v) is 6.86. The lowest BCUT2D eigenvalue weighted by Crippen LogP contribution is -2.51. The Morgan fingerprint density at radius 3 is 2.65 bits per heavy atom. The molecule has 2 aromatic rings. The van der Waals surface area contributed by atoms with Crippen molar-refractivity contribution in [3.63, 3.8) is 0 Å². The number of carbonyl (C=O) groups is 1. The van der Waals surface area contributed by atoms with Gasteiger partial charge < -0.3 is 4.90 Å². The van der Waals surface area contributed by atoms with Gasteiger partial charge in [0.25, 0.3) is 0 Å². The zero-order chi connectivity index (χ0) is 16.2. The van der Waals surface area contributed by atoms with Crippen LogP contribution in [0.25, 0.3) is 0 Å². The number of rotatable bonds is 5. The summed E-state index contributed by atoms with van der Waals surface area (Å²) in [5, 5.41) is 6.24. The normalized spacial score (nSPS) is 17.6. The predicted molar refractivity (Wildman–Crippen MR) is 87.9 cm³/mol. The fraction of sp³-hybridized carbons (Fsp3) is 0.600. The molecule has 8 heteroatoms. The van der Waals surface area contributed by atoms with Gasteiger partial charge in [0, 0.05) is 38.1 Å². The summed E-state index contributed by atoms with van der Waals surface area (Å²) in [4.78, 5) is 25.5. The average Bonchev–Trinajstić information content (AvgIpc) is 3.21. The highest BCUT2D eigenvalue weighted by Gasteiger charge is 2.31. The van der Waals surface area contributed by atoms with Crippen molar-refractivity contribution >= 4 is 17.2 Å². The van der Waals surface area contributed by atoms with Gasteiger partial charge >= 0.3 is 0 Å². The Morgan fingerprint density at radius 1 is 1.30 bits per heavy atom. The molecule has 1 fully saturated rings. The van der Waals surface area contributed by atoms with Gasteiger partial charge in [-0.25, -0.2) is 14.6 Å². The number of thiazole rings is 1. The maximum Gasteiger partial charge on any atom is 0.247 e. The molecule has 0 radical (unpaired) electrons. The smallest absolute Gasteiger partial charge is 0.247 e. The molecule has 124 valence electrons. The molecule has 1 unspecified atom stereocenters. The van der Waals surface area contributed by atoms with Gasteiger partial charge in [-0.1, -0.05) is 13.8 Å². The first kappa shape index (κ1) is 16.1. The van der Waals surface area contributed by atoms with Gasteiger partial charge in [0.15, 0.2) is 0 Å². The molecule has 1 aliphatic heterocycles. The first-order valence-corrected chi connectivity index (χ1v) is 8.81. The molecule has 0 saturated carbocycles. The third-order valence-electron chi connectivity index (χ3n) is 4.16. The van der Waals surface area contributed by atoms with Crippen LogP contribution in [-0.2, 0) is 11.3 Å². The Kier molecular flexibility index (Phi) is 5.02. The van der Waals surface area contributed by atoms with E-state index >= 15 is 0 Å². The lowest BCUT2D eigenvalue weighted by atomic mass is 10.0. The number of hydrogen-bond donors (Lipinski definition) is 0. The van der Waals surface area contributed by atoms with Crippen molar-refractivity contribution in [1.82, 2.24) is 29.5 Å². The Bertz CT molecular complexity index is 604. The molecule has 0 aliphatic carbocycles. The fourth-order valence-electron chi connectivity index (χ4n) is 2.92. The van der Waals surface area contributed by atoms with Crippen LogP contribution in [0, 0.1) is 5.92 Å². The van der Waals surface area contributed by atoms with E-state index in [0.717, 1.165) is 38.4 Å². The van der Waals surface area contributed by atoms with E-state index in [1.807, 2.05) is 24.3 Å². The zero-order valence-electron chi connectivity index (χ0n) is 13.5. The summed E-state index contributed by atoms with van der Waals surface area (Å²) in [6.45, 7) is 8.21. The van der Waals surface area contributed by atoms with E-state index in [1.165, 1.54) is 6.33 Å². The van der Waals surface area contributed by atoms with Crippen LogP contribution in [0.3, 0.4) is 0 Å². The van der Waals surface area contributed by atoms with Crippen molar-refractivity contribution in [2.45, 2.75) is 26.4 Å². The molecule has 1 saturated heterocycles. The molecule has 3 heterocycles. The number of carbonyl (C=O) groups excluding carboxylic acids is 1. The number of aromatic nitrogens is 4. The maximum absolute atomic E-state index is 12.9. The van der Waals surface area contributed by atoms with Crippen molar-refractivity contribution in [3.05, 3.63) is 29.2 Å². The minimum atomic E-state index is -0.275. The molecule has 1 aliphatic rings. The van der Waals surface area contributed by atoms with Gasteiger partial charge in [-0.3, -0.25) is 9.69 Å². The topological polar surface area (TPSA) is 67.2 Å². The minimum Gasteiger partial charge on any atom is -0.338 e. The molecular weight excluding hydrogens is 312 g/mol. The summed E-state index contributed by atoms with van der Waals surface area (Å²) in [5.74, 6) is 0.316. The lowest BCUT2D eigenvalue weighted by Gasteiger charge is -2.36. The van der Waals surface area contributed by atoms with Crippen molar-refractivity contribution in [1.29, 1.82) is 0 Å². The van der Waals surface area contributed by atoms with Crippen LogP contribution in [0.2, 0.25) is 0 Å². The van der Waals surface area contributed by atoms with E-state index in [2.05, 4.69) is 25.3 Å². The summed E-state index contributed by atoms with van der Waals surface area (Å²) >= 11 is 1.62. The van der Waals surface area contributed by atoms with Crippen LogP contribution in [0.15, 0.2) is 23.5 Å². The number of nitrogens with zero attached hydrogens (tertiary/aromatic N) is 6. The van der Waals surface area contributed by atoms with E-state index in [-0.39, 0.29) is 17.9 Å². The highest BCUT2D eigenvalue weighted by Crippen LogP contribution is 2.20. The molecular formula is C15H22N6OS. The molecule has 0 N–H and O–H groups in total. The van der Waals surface area contributed by atoms with E-state index in [4.69, 9.17) is 0 Å². The van der Waals surface area contributed by atoms with Gasteiger partial charge in [-0.15, -0.1) is 11.3 Å². The first-order chi connectivity index (χ1) is 11.1. The molecule has 2 aromatic heterocycles. The molecule has 23 heavy (non-hydrogen) atoms. The molecule has 0 aromatic carbocycles. The van der Waals surface area contributed by atoms with Crippen LogP contribution in [0.5, 0.6) is 0 Å². The Balaban J connectivity index is 1.59. The van der Waals surface area contributed by atoms with Gasteiger partial charge in [-0.2, -0.15) is 5.10 Å². The van der Waals surface area contributed by atoms with E-state index in [1.54, 1.807) is 22.3 Å². The van der Waals surface area contributed by atoms with Gasteiger partial charge in [0.2, 0.25) is 5.91 Å². The molecule has 1 amide bonds. The first-order valence-electron chi connectivity index (χ1n) is 7.87. The molecule has 0 spiro atoms. The summed E-state index contributed by atoms with van der Waals surface area (Å²) < 4.78 is 1.68. The molecule has 7 nitrogen and oxygen atoms in total. The highest BCUT2D eigenvalue weighted by atomic mass is 32.1. The van der Waals surface area contributed by atoms with Gasteiger partial charge in [-0.05, 0) is 5.92 Å². The fourth-order valence-corrected chi connectivity index (χ4v) is 3.47. The van der Waals surface area contributed by atoms with Crippen molar-refractivity contribution < 1.29 is 4.79 Å². The molecule has 1 atom stereocenters. The monoisotopic (exact) mass is 334 g/mol. The summed E-state index contributed by atoms with van der Waals surface area (Å²) in [6.07, 6.45) is 3.11. The van der Waals surface area contributed by atoms with Gasteiger partial charge in [0.1, 0.15) is 18.7 Å². The van der Waals surface area contributed by atoms with Crippen molar-refractivity contribution in [2.75, 3.05) is 26.2 Å². The maximum atomic E-state index is 12.9. The third-order valence-corrected chi connectivity index (χ3v) is 4.79. The van der Waals surface area contributed by atoms with Crippen LogP contribution >= 0.6 is 11.3 Å². The van der Waals surface area contributed by atoms with E-state index in [0.29, 0.717) is 0 Å². The van der Waals surface area contributed by atoms with Gasteiger partial charge in [0.05, 0.1) is 11.2 Å². The van der Waals surface area contributed by atoms with Crippen molar-refractivity contribution in [3.8, 4) is 0 Å².